The van der Waals surface area contributed by atoms with Crippen LogP contribution in [0.3, 0.4) is 0 Å². The van der Waals surface area contributed by atoms with Crippen LogP contribution in [0, 0.1) is 0 Å². The Morgan fingerprint density at radius 1 is 1.44 bits per heavy atom. The lowest BCUT2D eigenvalue weighted by atomic mass is 10.1. The van der Waals surface area contributed by atoms with E-state index in [1.807, 2.05) is 0 Å². The van der Waals surface area contributed by atoms with E-state index in [0.717, 1.165) is 4.90 Å². The van der Waals surface area contributed by atoms with Crippen LogP contribution in [0.4, 0.5) is 9.18 Å². The molecule has 0 aromatic carbocycles. The molecule has 1 amide bonds. The van der Waals surface area contributed by atoms with Crippen molar-refractivity contribution in [1.29, 1.82) is 0 Å². The quantitative estimate of drug-likeness (QED) is 0.676. The first-order valence-electron chi connectivity index (χ1n) is 5.66. The number of amides is 1. The number of ether oxygens (including phenoxy) is 2. The Morgan fingerprint density at radius 3 is 2.56 bits per heavy atom. The molecular weight excluding hydrogens is 241 g/mol. The van der Waals surface area contributed by atoms with Gasteiger partial charge in [0.05, 0.1) is 13.7 Å². The second-order valence-electron chi connectivity index (χ2n) is 5.03. The van der Waals surface area contributed by atoms with E-state index >= 15 is 0 Å². The standard InChI is InChI=1S/C12H18FNO4/c1-12(2,3)18-11(16)14-7-8(13)5-6-9(14)10(15)17-4/h5,9H,6-7H2,1-4H3. The molecule has 0 saturated heterocycles. The Bertz CT molecular complexity index is 373. The van der Waals surface area contributed by atoms with Crippen LogP contribution in [-0.2, 0) is 14.3 Å². The molecule has 0 bridgehead atoms. The molecule has 0 fully saturated rings. The maximum atomic E-state index is 13.2. The van der Waals surface area contributed by atoms with E-state index < -0.39 is 29.5 Å². The predicted molar refractivity (Wildman–Crippen MR) is 62.6 cm³/mol. The molecule has 1 rings (SSSR count). The molecule has 0 saturated carbocycles. The minimum Gasteiger partial charge on any atom is -0.467 e. The van der Waals surface area contributed by atoms with Crippen LogP contribution in [-0.4, -0.2) is 42.3 Å². The zero-order chi connectivity index (χ0) is 13.9. The molecule has 1 heterocycles. The minimum absolute atomic E-state index is 0.0950. The lowest BCUT2D eigenvalue weighted by molar-refractivity contribution is -0.146. The second-order valence-corrected chi connectivity index (χ2v) is 5.03. The van der Waals surface area contributed by atoms with Gasteiger partial charge in [-0.3, -0.25) is 4.90 Å². The minimum atomic E-state index is -0.829. The van der Waals surface area contributed by atoms with Crippen molar-refractivity contribution in [3.8, 4) is 0 Å². The fraction of sp³-hybridized carbons (Fsp3) is 0.667. The molecule has 1 atom stereocenters. The highest BCUT2D eigenvalue weighted by atomic mass is 19.1. The number of nitrogens with zero attached hydrogens (tertiary/aromatic N) is 1. The topological polar surface area (TPSA) is 55.8 Å². The zero-order valence-corrected chi connectivity index (χ0v) is 11.0. The number of methoxy groups -OCH3 is 1. The van der Waals surface area contributed by atoms with Crippen molar-refractivity contribution in [2.24, 2.45) is 0 Å². The average molecular weight is 259 g/mol. The van der Waals surface area contributed by atoms with Crippen LogP contribution in [0.2, 0.25) is 0 Å². The lowest BCUT2D eigenvalue weighted by Gasteiger charge is -2.33. The first-order chi connectivity index (χ1) is 8.24. The number of esters is 1. The summed E-state index contributed by atoms with van der Waals surface area (Å²) in [4.78, 5) is 24.5. The van der Waals surface area contributed by atoms with E-state index in [2.05, 4.69) is 4.74 Å². The number of rotatable bonds is 1. The molecule has 0 radical (unpaired) electrons. The third kappa shape index (κ3) is 3.72. The van der Waals surface area contributed by atoms with E-state index in [9.17, 15) is 14.0 Å². The molecule has 0 aliphatic carbocycles. The van der Waals surface area contributed by atoms with Crippen LogP contribution in [0.5, 0.6) is 0 Å². The molecule has 0 aromatic heterocycles. The van der Waals surface area contributed by atoms with Gasteiger partial charge in [0.1, 0.15) is 17.5 Å². The van der Waals surface area contributed by atoms with Gasteiger partial charge in [0.2, 0.25) is 0 Å². The van der Waals surface area contributed by atoms with Crippen molar-refractivity contribution in [2.75, 3.05) is 13.7 Å². The Labute approximate surface area is 106 Å². The highest BCUT2D eigenvalue weighted by Gasteiger charge is 2.36. The van der Waals surface area contributed by atoms with Gasteiger partial charge in [0.25, 0.3) is 0 Å². The summed E-state index contributed by atoms with van der Waals surface area (Å²) in [5.74, 6) is -1.04. The summed E-state index contributed by atoms with van der Waals surface area (Å²) in [6.07, 6.45) is 0.654. The summed E-state index contributed by atoms with van der Waals surface area (Å²) in [5, 5.41) is 0. The summed E-state index contributed by atoms with van der Waals surface area (Å²) in [6, 6.07) is -0.829. The summed E-state index contributed by atoms with van der Waals surface area (Å²) < 4.78 is 23.0. The molecule has 0 spiro atoms. The van der Waals surface area contributed by atoms with Gasteiger partial charge < -0.3 is 9.47 Å². The van der Waals surface area contributed by atoms with Crippen LogP contribution in [0.25, 0.3) is 0 Å². The molecule has 18 heavy (non-hydrogen) atoms. The van der Waals surface area contributed by atoms with E-state index in [4.69, 9.17) is 4.74 Å². The van der Waals surface area contributed by atoms with Crippen LogP contribution in [0.15, 0.2) is 11.9 Å². The number of halogens is 1. The van der Waals surface area contributed by atoms with Crippen molar-refractivity contribution in [3.63, 3.8) is 0 Å². The normalized spacial score (nSPS) is 20.2. The zero-order valence-electron chi connectivity index (χ0n) is 11.0. The Hall–Kier alpha value is -1.59. The van der Waals surface area contributed by atoms with Crippen molar-refractivity contribution in [3.05, 3.63) is 11.9 Å². The van der Waals surface area contributed by atoms with Gasteiger partial charge in [0.15, 0.2) is 0 Å². The number of hydrogen-bond acceptors (Lipinski definition) is 4. The van der Waals surface area contributed by atoms with Gasteiger partial charge in [-0.05, 0) is 33.3 Å². The van der Waals surface area contributed by atoms with Gasteiger partial charge in [-0.1, -0.05) is 0 Å². The third-order valence-electron chi connectivity index (χ3n) is 2.36. The number of hydrogen-bond donors (Lipinski definition) is 0. The Morgan fingerprint density at radius 2 is 2.06 bits per heavy atom. The summed E-state index contributed by atoms with van der Waals surface area (Å²) >= 11 is 0. The smallest absolute Gasteiger partial charge is 0.411 e. The van der Waals surface area contributed by atoms with Crippen LogP contribution < -0.4 is 0 Å². The summed E-state index contributed by atoms with van der Waals surface area (Å²) in [6.45, 7) is 4.84. The molecular formula is C12H18FNO4. The maximum Gasteiger partial charge on any atom is 0.411 e. The maximum absolute atomic E-state index is 13.2. The predicted octanol–water partition coefficient (Wildman–Crippen LogP) is 2.02. The molecule has 1 unspecified atom stereocenters. The van der Waals surface area contributed by atoms with Gasteiger partial charge in [-0.15, -0.1) is 0 Å². The fourth-order valence-corrected chi connectivity index (χ4v) is 1.58. The van der Waals surface area contributed by atoms with E-state index in [-0.39, 0.29) is 13.0 Å². The van der Waals surface area contributed by atoms with E-state index in [1.54, 1.807) is 20.8 Å². The van der Waals surface area contributed by atoms with Crippen molar-refractivity contribution >= 4 is 12.1 Å². The molecule has 1 aliphatic heterocycles. The number of carbonyl (C=O) groups excluding carboxylic acids is 2. The third-order valence-corrected chi connectivity index (χ3v) is 2.36. The van der Waals surface area contributed by atoms with Crippen molar-refractivity contribution < 1.29 is 23.5 Å². The summed E-state index contributed by atoms with van der Waals surface area (Å²) in [5.41, 5.74) is -0.699. The van der Waals surface area contributed by atoms with Crippen LogP contribution in [0.1, 0.15) is 27.2 Å². The van der Waals surface area contributed by atoms with E-state index in [0.29, 0.717) is 0 Å². The SMILES string of the molecule is COC(=O)C1CC=C(F)CN1C(=O)OC(C)(C)C. The summed E-state index contributed by atoms with van der Waals surface area (Å²) in [7, 11) is 1.23. The van der Waals surface area contributed by atoms with Gasteiger partial charge >= 0.3 is 12.1 Å². The van der Waals surface area contributed by atoms with E-state index in [1.165, 1.54) is 13.2 Å². The molecule has 0 aromatic rings. The van der Waals surface area contributed by atoms with Crippen molar-refractivity contribution in [1.82, 2.24) is 4.90 Å². The van der Waals surface area contributed by atoms with Crippen LogP contribution >= 0.6 is 0 Å². The molecule has 1 aliphatic rings. The van der Waals surface area contributed by atoms with Gasteiger partial charge in [-0.2, -0.15) is 0 Å². The average Bonchev–Trinajstić information content (AvgIpc) is 2.25. The second kappa shape index (κ2) is 5.37. The first kappa shape index (κ1) is 14.5. The molecule has 5 nitrogen and oxygen atoms in total. The van der Waals surface area contributed by atoms with Crippen molar-refractivity contribution in [2.45, 2.75) is 38.8 Å². The van der Waals surface area contributed by atoms with Gasteiger partial charge in [0, 0.05) is 0 Å². The largest absolute Gasteiger partial charge is 0.467 e. The molecule has 6 heteroatoms. The molecule has 0 N–H and O–H groups in total. The highest BCUT2D eigenvalue weighted by Crippen LogP contribution is 2.21. The lowest BCUT2D eigenvalue weighted by Crippen LogP contribution is -2.49. The van der Waals surface area contributed by atoms with Gasteiger partial charge in [-0.25, -0.2) is 14.0 Å². The first-order valence-corrected chi connectivity index (χ1v) is 5.66. The molecule has 102 valence electrons. The number of carbonyl (C=O) groups is 2. The monoisotopic (exact) mass is 259 g/mol. The fourth-order valence-electron chi connectivity index (χ4n) is 1.58. The highest BCUT2D eigenvalue weighted by molar-refractivity contribution is 5.82. The Kier molecular flexibility index (Phi) is 4.32. The Balaban J connectivity index is 2.85.